The zero-order valence-electron chi connectivity index (χ0n) is 20.1. The van der Waals surface area contributed by atoms with Crippen LogP contribution in [0.4, 0.5) is 5.69 Å². The first-order chi connectivity index (χ1) is 16.3. The van der Waals surface area contributed by atoms with Crippen molar-refractivity contribution in [3.8, 4) is 5.75 Å². The van der Waals surface area contributed by atoms with Crippen molar-refractivity contribution in [1.82, 2.24) is 13.6 Å². The standard InChI is InChI=1S/C24H34N4O4S2/c1-4-15-32-19-11-12-20(24(29)28-13-7-5-8-14-28)22(17-19)27-34(30,31)16-9-6-10-21-23(18(2)3)26-33-25-21/h6,10-12,17-18,27H,4-5,7-9,13-16H2,1-3H3/b10-6-. The van der Waals surface area contributed by atoms with E-state index in [0.717, 1.165) is 48.8 Å². The average molecular weight is 507 g/mol. The summed E-state index contributed by atoms with van der Waals surface area (Å²) in [4.78, 5) is 14.9. The van der Waals surface area contributed by atoms with Crippen LogP contribution >= 0.6 is 11.7 Å². The van der Waals surface area contributed by atoms with Crippen LogP contribution in [0.2, 0.25) is 0 Å². The zero-order valence-corrected chi connectivity index (χ0v) is 21.8. The maximum Gasteiger partial charge on any atom is 0.255 e. The van der Waals surface area contributed by atoms with Crippen LogP contribution < -0.4 is 9.46 Å². The van der Waals surface area contributed by atoms with E-state index in [0.29, 0.717) is 37.4 Å². The van der Waals surface area contributed by atoms with Crippen LogP contribution in [0, 0.1) is 0 Å². The molecule has 1 fully saturated rings. The van der Waals surface area contributed by atoms with Crippen molar-refractivity contribution in [2.45, 2.75) is 58.8 Å². The van der Waals surface area contributed by atoms with Crippen LogP contribution in [0.1, 0.15) is 80.5 Å². The van der Waals surface area contributed by atoms with E-state index >= 15 is 0 Å². The highest BCUT2D eigenvalue weighted by atomic mass is 32.2. The van der Waals surface area contributed by atoms with Gasteiger partial charge in [0, 0.05) is 19.2 Å². The van der Waals surface area contributed by atoms with E-state index in [1.165, 1.54) is 0 Å². The Bertz CT molecular complexity index is 1090. The number of aromatic nitrogens is 2. The summed E-state index contributed by atoms with van der Waals surface area (Å²) in [5.74, 6) is 0.514. The molecule has 1 saturated heterocycles. The second-order valence-corrected chi connectivity index (χ2v) is 11.1. The number of carbonyl (C=O) groups excluding carboxylic acids is 1. The molecule has 0 saturated carbocycles. The summed E-state index contributed by atoms with van der Waals surface area (Å²) in [5, 5.41) is 0. The number of likely N-dealkylation sites (tertiary alicyclic amines) is 1. The first-order valence-corrected chi connectivity index (χ1v) is 14.2. The van der Waals surface area contributed by atoms with Gasteiger partial charge in [-0.2, -0.15) is 8.75 Å². The van der Waals surface area contributed by atoms with E-state index in [1.807, 2.05) is 26.8 Å². The molecule has 0 radical (unpaired) electrons. The molecule has 0 unspecified atom stereocenters. The molecule has 1 aliphatic rings. The Balaban J connectivity index is 1.73. The lowest BCUT2D eigenvalue weighted by Gasteiger charge is -2.27. The van der Waals surface area contributed by atoms with Crippen LogP contribution in [0.5, 0.6) is 5.75 Å². The number of rotatable bonds is 11. The number of anilines is 1. The highest BCUT2D eigenvalue weighted by Crippen LogP contribution is 2.27. The third kappa shape index (κ3) is 7.27. The van der Waals surface area contributed by atoms with Crippen molar-refractivity contribution in [1.29, 1.82) is 0 Å². The summed E-state index contributed by atoms with van der Waals surface area (Å²) in [5.41, 5.74) is 2.30. The van der Waals surface area contributed by atoms with E-state index in [2.05, 4.69) is 13.5 Å². The molecule has 8 nitrogen and oxygen atoms in total. The summed E-state index contributed by atoms with van der Waals surface area (Å²) in [6, 6.07) is 4.99. The Morgan fingerprint density at radius 2 is 2.00 bits per heavy atom. The molecule has 0 spiro atoms. The van der Waals surface area contributed by atoms with Gasteiger partial charge < -0.3 is 9.64 Å². The molecular formula is C24H34N4O4S2. The van der Waals surface area contributed by atoms with Gasteiger partial charge in [-0.05, 0) is 56.2 Å². The molecule has 3 rings (SSSR count). The van der Waals surface area contributed by atoms with Gasteiger partial charge in [-0.15, -0.1) is 0 Å². The molecule has 186 valence electrons. The minimum atomic E-state index is -3.69. The van der Waals surface area contributed by atoms with Gasteiger partial charge in [0.05, 0.1) is 41.0 Å². The SMILES string of the molecule is CCCOc1ccc(C(=O)N2CCCCC2)c(NS(=O)(=O)CC/C=C\c2nsnc2C(C)C)c1. The number of hydrogen-bond donors (Lipinski definition) is 1. The minimum absolute atomic E-state index is 0.116. The zero-order chi connectivity index (χ0) is 24.6. The Morgan fingerprint density at radius 3 is 2.71 bits per heavy atom. The summed E-state index contributed by atoms with van der Waals surface area (Å²) < 4.78 is 42.6. The number of allylic oxidation sites excluding steroid dienone is 1. The number of nitrogens with one attached hydrogen (secondary N) is 1. The number of carbonyl (C=O) groups is 1. The third-order valence-corrected chi connectivity index (χ3v) is 7.38. The van der Waals surface area contributed by atoms with Gasteiger partial charge in [0.2, 0.25) is 10.0 Å². The Kier molecular flexibility index (Phi) is 9.46. The molecule has 1 aliphatic heterocycles. The second kappa shape index (κ2) is 12.3. The Labute approximate surface area is 206 Å². The molecule has 0 atom stereocenters. The van der Waals surface area contributed by atoms with E-state index < -0.39 is 10.0 Å². The third-order valence-electron chi connectivity index (χ3n) is 5.52. The van der Waals surface area contributed by atoms with Gasteiger partial charge in [0.15, 0.2) is 0 Å². The molecule has 34 heavy (non-hydrogen) atoms. The fourth-order valence-electron chi connectivity index (χ4n) is 3.73. The predicted molar refractivity (Wildman–Crippen MR) is 137 cm³/mol. The van der Waals surface area contributed by atoms with Crippen LogP contribution in [0.25, 0.3) is 6.08 Å². The van der Waals surface area contributed by atoms with Gasteiger partial charge in [-0.3, -0.25) is 9.52 Å². The van der Waals surface area contributed by atoms with Crippen molar-refractivity contribution in [2.24, 2.45) is 0 Å². The maximum absolute atomic E-state index is 13.1. The minimum Gasteiger partial charge on any atom is -0.494 e. The van der Waals surface area contributed by atoms with Gasteiger partial charge in [0.1, 0.15) is 11.4 Å². The number of nitrogens with zero attached hydrogens (tertiary/aromatic N) is 3. The Hall–Kier alpha value is -2.46. The number of hydrogen-bond acceptors (Lipinski definition) is 7. The molecule has 0 bridgehead atoms. The molecule has 1 aromatic heterocycles. The topological polar surface area (TPSA) is 101 Å². The van der Waals surface area contributed by atoms with Gasteiger partial charge >= 0.3 is 0 Å². The molecule has 2 aromatic rings. The molecule has 1 aromatic carbocycles. The van der Waals surface area contributed by atoms with E-state index in [9.17, 15) is 13.2 Å². The maximum atomic E-state index is 13.1. The van der Waals surface area contributed by atoms with Gasteiger partial charge in [-0.1, -0.05) is 26.8 Å². The van der Waals surface area contributed by atoms with Crippen molar-refractivity contribution < 1.29 is 17.9 Å². The van der Waals surface area contributed by atoms with Crippen LogP contribution in [0.15, 0.2) is 24.3 Å². The van der Waals surface area contributed by atoms with Crippen molar-refractivity contribution in [2.75, 3.05) is 30.2 Å². The lowest BCUT2D eigenvalue weighted by molar-refractivity contribution is 0.0725. The van der Waals surface area contributed by atoms with Crippen LogP contribution in [-0.2, 0) is 10.0 Å². The fraction of sp³-hybridized carbons (Fsp3) is 0.542. The van der Waals surface area contributed by atoms with E-state index in [-0.39, 0.29) is 23.3 Å². The smallest absolute Gasteiger partial charge is 0.255 e. The summed E-state index contributed by atoms with van der Waals surface area (Å²) >= 11 is 1.15. The van der Waals surface area contributed by atoms with Gasteiger partial charge in [-0.25, -0.2) is 8.42 Å². The molecule has 10 heteroatoms. The molecular weight excluding hydrogens is 472 g/mol. The van der Waals surface area contributed by atoms with E-state index in [1.54, 1.807) is 29.2 Å². The number of amides is 1. The van der Waals surface area contributed by atoms with Crippen molar-refractivity contribution in [3.63, 3.8) is 0 Å². The average Bonchev–Trinajstić information content (AvgIpc) is 3.29. The normalized spacial score (nSPS) is 14.6. The number of benzene rings is 1. The second-order valence-electron chi connectivity index (χ2n) is 8.71. The Morgan fingerprint density at radius 1 is 1.24 bits per heavy atom. The molecule has 1 N–H and O–H groups in total. The first-order valence-electron chi connectivity index (χ1n) is 11.9. The number of ether oxygens (including phenoxy) is 1. The highest BCUT2D eigenvalue weighted by Gasteiger charge is 2.23. The van der Waals surface area contributed by atoms with Crippen LogP contribution in [0.3, 0.4) is 0 Å². The van der Waals surface area contributed by atoms with Crippen molar-refractivity contribution in [3.05, 3.63) is 41.2 Å². The first kappa shape index (κ1) is 26.2. The number of piperidine rings is 1. The lowest BCUT2D eigenvalue weighted by atomic mass is 10.1. The monoisotopic (exact) mass is 506 g/mol. The lowest BCUT2D eigenvalue weighted by Crippen LogP contribution is -2.36. The quantitative estimate of drug-likeness (QED) is 0.464. The van der Waals surface area contributed by atoms with Crippen molar-refractivity contribution >= 4 is 39.4 Å². The summed E-state index contributed by atoms with van der Waals surface area (Å²) in [7, 11) is -3.69. The predicted octanol–water partition coefficient (Wildman–Crippen LogP) is 4.92. The molecule has 1 amide bonds. The highest BCUT2D eigenvalue weighted by molar-refractivity contribution is 7.92. The summed E-state index contributed by atoms with van der Waals surface area (Å²) in [6.45, 7) is 7.98. The molecule has 2 heterocycles. The largest absolute Gasteiger partial charge is 0.494 e. The van der Waals surface area contributed by atoms with Gasteiger partial charge in [0.25, 0.3) is 5.91 Å². The summed E-state index contributed by atoms with van der Waals surface area (Å²) in [6.07, 6.45) is 7.78. The number of sulfonamides is 1. The molecule has 0 aliphatic carbocycles. The van der Waals surface area contributed by atoms with E-state index in [4.69, 9.17) is 4.74 Å². The van der Waals surface area contributed by atoms with Crippen LogP contribution in [-0.4, -0.2) is 53.4 Å². The fourth-order valence-corrected chi connectivity index (χ4v) is 5.45.